The summed E-state index contributed by atoms with van der Waals surface area (Å²) in [5, 5.41) is 0. The van der Waals surface area contributed by atoms with E-state index >= 15 is 0 Å². The second-order valence-corrected chi connectivity index (χ2v) is 14.5. The summed E-state index contributed by atoms with van der Waals surface area (Å²) in [6.45, 7) is 25.6. The van der Waals surface area contributed by atoms with Gasteiger partial charge >= 0.3 is 0 Å². The van der Waals surface area contributed by atoms with Crippen LogP contribution in [0.2, 0.25) is 0 Å². The Bertz CT molecular complexity index is 1120. The van der Waals surface area contributed by atoms with Crippen molar-refractivity contribution in [3.63, 3.8) is 0 Å². The lowest BCUT2D eigenvalue weighted by Gasteiger charge is -2.30. The van der Waals surface area contributed by atoms with Crippen LogP contribution in [0.25, 0.3) is 5.57 Å². The van der Waals surface area contributed by atoms with Crippen LogP contribution >= 0.6 is 0 Å². The molecule has 1 heteroatoms. The average Bonchev–Trinajstić information content (AvgIpc) is 3.10. The molecule has 0 aliphatic heterocycles. The maximum absolute atomic E-state index is 4.50. The normalized spacial score (nSPS) is 20.3. The van der Waals surface area contributed by atoms with E-state index in [0.29, 0.717) is 0 Å². The molecule has 0 spiro atoms. The first-order valence-corrected chi connectivity index (χ1v) is 19.4. The first kappa shape index (κ1) is 42.6. The summed E-state index contributed by atoms with van der Waals surface area (Å²) in [6, 6.07) is 15.3. The summed E-state index contributed by atoms with van der Waals surface area (Å²) in [4.78, 5) is 0. The number of hydrogen-bond acceptors (Lipinski definition) is 1. The highest BCUT2D eigenvalue weighted by Gasteiger charge is 2.22. The fraction of sp³-hybridized carbons (Fsp3) is 0.609. The molecule has 264 valence electrons. The van der Waals surface area contributed by atoms with Crippen LogP contribution in [0.15, 0.2) is 73.9 Å². The minimum Gasteiger partial charge on any atom is -0.333 e. The predicted molar refractivity (Wildman–Crippen MR) is 214 cm³/mol. The molecule has 2 aliphatic rings. The zero-order valence-corrected chi connectivity index (χ0v) is 32.1. The number of rotatable bonds is 13. The van der Waals surface area contributed by atoms with Crippen molar-refractivity contribution in [2.75, 3.05) is 7.05 Å². The second kappa shape index (κ2) is 25.6. The summed E-state index contributed by atoms with van der Waals surface area (Å²) in [6.07, 6.45) is 25.2. The molecule has 0 radical (unpaired) electrons. The van der Waals surface area contributed by atoms with Gasteiger partial charge in [-0.05, 0) is 117 Å². The van der Waals surface area contributed by atoms with E-state index < -0.39 is 0 Å². The average molecular weight is 642 g/mol. The Labute approximate surface area is 293 Å². The third kappa shape index (κ3) is 17.0. The minimum atomic E-state index is 0.751. The smallest absolute Gasteiger partial charge is 0.00669 e. The lowest BCUT2D eigenvalue weighted by molar-refractivity contribution is 0.273. The van der Waals surface area contributed by atoms with E-state index in [4.69, 9.17) is 0 Å². The standard InChI is InChI=1S/C23H34.C11H14.C11H22.CH5N/c1-5-7-9-20-10-13-23(14-11-20)19(4)17-21-12-15-22(8-6-2)18(3)16-21;1-4-10-7-5-6-8-11(10)9(2)3;1-3-4-5-11-8-6-10(2)7-9-11;1-2/h6,12,15-16,20,23H,2,4-5,7-11,13-14,17H2,1,3H3;5-8H,2,4H2,1,3H3;10-11H,3-9H2,1-2H3;2H2,1H3. The van der Waals surface area contributed by atoms with E-state index in [9.17, 15) is 0 Å². The molecule has 47 heavy (non-hydrogen) atoms. The molecular weight excluding hydrogens is 567 g/mol. The van der Waals surface area contributed by atoms with Gasteiger partial charge in [0.2, 0.25) is 0 Å². The highest BCUT2D eigenvalue weighted by atomic mass is 14.4. The summed E-state index contributed by atoms with van der Waals surface area (Å²) in [5.74, 6) is 3.85. The molecule has 1 nitrogen and oxygen atoms in total. The largest absolute Gasteiger partial charge is 0.333 e. The van der Waals surface area contributed by atoms with Crippen molar-refractivity contribution in [2.24, 2.45) is 29.4 Å². The summed E-state index contributed by atoms with van der Waals surface area (Å²) >= 11 is 0. The number of hydrogen-bond donors (Lipinski definition) is 1. The van der Waals surface area contributed by atoms with Crippen molar-refractivity contribution in [3.05, 3.63) is 102 Å². The van der Waals surface area contributed by atoms with Crippen LogP contribution in [0.1, 0.15) is 152 Å². The van der Waals surface area contributed by atoms with Crippen LogP contribution in [-0.4, -0.2) is 7.05 Å². The third-order valence-electron chi connectivity index (χ3n) is 10.6. The molecule has 2 aromatic carbocycles. The third-order valence-corrected chi connectivity index (χ3v) is 10.6. The minimum absolute atomic E-state index is 0.751. The van der Waals surface area contributed by atoms with Crippen molar-refractivity contribution >= 4 is 5.57 Å². The maximum Gasteiger partial charge on any atom is -0.00669 e. The van der Waals surface area contributed by atoms with E-state index in [-0.39, 0.29) is 0 Å². The van der Waals surface area contributed by atoms with Crippen molar-refractivity contribution in [3.8, 4) is 0 Å². The molecule has 2 aliphatic carbocycles. The zero-order chi connectivity index (χ0) is 35.0. The number of unbranched alkanes of at least 4 members (excludes halogenated alkanes) is 2. The van der Waals surface area contributed by atoms with E-state index in [1.807, 2.05) is 6.08 Å². The highest BCUT2D eigenvalue weighted by Crippen LogP contribution is 2.36. The van der Waals surface area contributed by atoms with Crippen LogP contribution in [0.5, 0.6) is 0 Å². The van der Waals surface area contributed by atoms with E-state index in [1.54, 1.807) is 0 Å². The van der Waals surface area contributed by atoms with Gasteiger partial charge in [0.15, 0.2) is 0 Å². The van der Waals surface area contributed by atoms with Crippen molar-refractivity contribution in [2.45, 2.75) is 151 Å². The van der Waals surface area contributed by atoms with Crippen molar-refractivity contribution < 1.29 is 0 Å². The summed E-state index contributed by atoms with van der Waals surface area (Å²) in [7, 11) is 1.50. The Kier molecular flexibility index (Phi) is 23.2. The van der Waals surface area contributed by atoms with Crippen LogP contribution in [0.3, 0.4) is 0 Å². The van der Waals surface area contributed by atoms with Crippen molar-refractivity contribution in [1.29, 1.82) is 0 Å². The SMILES string of the molecule is C=C(C)c1ccccc1CC.C=CCc1ccc(CC(=C)C2CCC(CCCC)CC2)cc1C.CCCCC1CCC(C)CC1.CN. The molecule has 2 aromatic rings. The quantitative estimate of drug-likeness (QED) is 0.216. The Morgan fingerprint density at radius 2 is 1.34 bits per heavy atom. The van der Waals surface area contributed by atoms with Gasteiger partial charge in [-0.2, -0.15) is 0 Å². The van der Waals surface area contributed by atoms with Gasteiger partial charge in [0, 0.05) is 0 Å². The Morgan fingerprint density at radius 3 is 1.81 bits per heavy atom. The maximum atomic E-state index is 4.50. The fourth-order valence-electron chi connectivity index (χ4n) is 7.37. The lowest BCUT2D eigenvalue weighted by Crippen LogP contribution is -2.17. The molecule has 0 bridgehead atoms. The van der Waals surface area contributed by atoms with E-state index in [2.05, 4.69) is 109 Å². The van der Waals surface area contributed by atoms with Gasteiger partial charge in [0.1, 0.15) is 0 Å². The van der Waals surface area contributed by atoms with Crippen LogP contribution < -0.4 is 5.73 Å². The predicted octanol–water partition coefficient (Wildman–Crippen LogP) is 13.7. The molecule has 0 saturated heterocycles. The lowest BCUT2D eigenvalue weighted by atomic mass is 9.76. The monoisotopic (exact) mass is 642 g/mol. The molecule has 0 aromatic heterocycles. The van der Waals surface area contributed by atoms with Crippen LogP contribution in [0, 0.1) is 30.6 Å². The van der Waals surface area contributed by atoms with Crippen LogP contribution in [-0.2, 0) is 19.3 Å². The molecule has 4 rings (SSSR count). The summed E-state index contributed by atoms with van der Waals surface area (Å²) in [5.41, 5.74) is 14.0. The highest BCUT2D eigenvalue weighted by molar-refractivity contribution is 5.64. The Balaban J connectivity index is 0.000000384. The Morgan fingerprint density at radius 1 is 0.787 bits per heavy atom. The number of benzene rings is 2. The fourth-order valence-corrected chi connectivity index (χ4v) is 7.37. The molecule has 2 fully saturated rings. The molecule has 0 unspecified atom stereocenters. The van der Waals surface area contributed by atoms with Crippen molar-refractivity contribution in [1.82, 2.24) is 0 Å². The molecule has 2 saturated carbocycles. The molecule has 0 amide bonds. The van der Waals surface area contributed by atoms with E-state index in [1.165, 1.54) is 130 Å². The van der Waals surface area contributed by atoms with Gasteiger partial charge in [-0.25, -0.2) is 0 Å². The second-order valence-electron chi connectivity index (χ2n) is 14.5. The number of aryl methyl sites for hydroxylation is 2. The summed E-state index contributed by atoms with van der Waals surface area (Å²) < 4.78 is 0. The topological polar surface area (TPSA) is 26.0 Å². The Hall–Kier alpha value is -2.38. The molecule has 2 N–H and O–H groups in total. The molecule has 0 atom stereocenters. The molecular formula is C46H75N. The van der Waals surface area contributed by atoms with Gasteiger partial charge in [-0.1, -0.05) is 165 Å². The van der Waals surface area contributed by atoms with Crippen LogP contribution in [0.4, 0.5) is 0 Å². The first-order valence-electron chi connectivity index (χ1n) is 19.4. The van der Waals surface area contributed by atoms with Gasteiger partial charge < -0.3 is 5.73 Å². The van der Waals surface area contributed by atoms with Gasteiger partial charge in [-0.15, -0.1) is 6.58 Å². The van der Waals surface area contributed by atoms with Gasteiger partial charge in [0.05, 0.1) is 0 Å². The zero-order valence-electron chi connectivity index (χ0n) is 32.1. The van der Waals surface area contributed by atoms with E-state index in [0.717, 1.165) is 48.5 Å². The van der Waals surface area contributed by atoms with Gasteiger partial charge in [-0.3, -0.25) is 0 Å². The number of allylic oxidation sites excluding steroid dienone is 3. The number of nitrogens with two attached hydrogens (primary N) is 1. The first-order chi connectivity index (χ1) is 22.7. The molecule has 0 heterocycles. The van der Waals surface area contributed by atoms with Gasteiger partial charge in [0.25, 0.3) is 0 Å².